The molecule has 9 heteroatoms. The van der Waals surface area contributed by atoms with E-state index in [4.69, 9.17) is 16.3 Å². The summed E-state index contributed by atoms with van der Waals surface area (Å²) < 4.78 is 20.7. The number of rotatable bonds is 4. The van der Waals surface area contributed by atoms with E-state index in [1.165, 1.54) is 30.3 Å². The zero-order chi connectivity index (χ0) is 18.0. The molecule has 2 aromatic carbocycles. The van der Waals surface area contributed by atoms with Crippen LogP contribution < -0.4 is 10.1 Å². The average molecular weight is 362 g/mol. The van der Waals surface area contributed by atoms with Gasteiger partial charge in [0.15, 0.2) is 0 Å². The van der Waals surface area contributed by atoms with E-state index < -0.39 is 11.7 Å². The number of methoxy groups -OCH3 is 1. The number of halogens is 2. The number of nitrogens with zero attached hydrogens (tertiary/aromatic N) is 4. The number of benzene rings is 2. The van der Waals surface area contributed by atoms with Crippen molar-refractivity contribution in [3.8, 4) is 11.4 Å². The van der Waals surface area contributed by atoms with Crippen LogP contribution in [0.3, 0.4) is 0 Å². The summed E-state index contributed by atoms with van der Waals surface area (Å²) >= 11 is 6.07. The second kappa shape index (κ2) is 6.86. The maximum absolute atomic E-state index is 14.0. The Balaban J connectivity index is 1.93. The van der Waals surface area contributed by atoms with Crippen molar-refractivity contribution in [2.24, 2.45) is 0 Å². The molecular weight excluding hydrogens is 349 g/mol. The average Bonchev–Trinajstić information content (AvgIpc) is 3.13. The quantitative estimate of drug-likeness (QED) is 0.772. The largest absolute Gasteiger partial charge is 0.494 e. The van der Waals surface area contributed by atoms with Gasteiger partial charge >= 0.3 is 0 Å². The Morgan fingerprint density at radius 2 is 2.12 bits per heavy atom. The van der Waals surface area contributed by atoms with Crippen LogP contribution in [0.5, 0.6) is 5.75 Å². The van der Waals surface area contributed by atoms with Crippen molar-refractivity contribution in [3.05, 3.63) is 58.6 Å². The van der Waals surface area contributed by atoms with Gasteiger partial charge in [-0.25, -0.2) is 9.07 Å². The molecule has 0 aliphatic heterocycles. The van der Waals surface area contributed by atoms with E-state index in [9.17, 15) is 9.18 Å². The number of carbonyl (C=O) groups is 1. The van der Waals surface area contributed by atoms with Crippen molar-refractivity contribution in [3.63, 3.8) is 0 Å². The van der Waals surface area contributed by atoms with Gasteiger partial charge < -0.3 is 10.1 Å². The summed E-state index contributed by atoms with van der Waals surface area (Å²) in [6.45, 7) is 1.69. The zero-order valence-corrected chi connectivity index (χ0v) is 14.1. The van der Waals surface area contributed by atoms with Gasteiger partial charge in [-0.2, -0.15) is 0 Å². The molecule has 0 radical (unpaired) electrons. The fourth-order valence-corrected chi connectivity index (χ4v) is 2.49. The van der Waals surface area contributed by atoms with Gasteiger partial charge in [-0.3, -0.25) is 4.79 Å². The molecule has 1 aromatic heterocycles. The molecule has 0 aliphatic rings. The lowest BCUT2D eigenvalue weighted by atomic mass is 10.1. The van der Waals surface area contributed by atoms with E-state index in [0.717, 1.165) is 0 Å². The maximum Gasteiger partial charge on any atom is 0.260 e. The Morgan fingerprint density at radius 1 is 1.32 bits per heavy atom. The molecule has 0 bridgehead atoms. The minimum atomic E-state index is -0.697. The molecule has 0 saturated heterocycles. The number of hydrogen-bond donors (Lipinski definition) is 1. The van der Waals surface area contributed by atoms with Crippen LogP contribution in [0, 0.1) is 12.7 Å². The summed E-state index contributed by atoms with van der Waals surface area (Å²) in [5.41, 5.74) is 1.39. The monoisotopic (exact) mass is 361 g/mol. The van der Waals surface area contributed by atoms with Gasteiger partial charge in [-0.1, -0.05) is 17.7 Å². The molecule has 1 N–H and O–H groups in total. The normalized spacial score (nSPS) is 10.6. The SMILES string of the molecule is COc1cc(-n2cnnn2)ccc1NC(=O)c1c(F)ccc(C)c1Cl. The number of hydrogen-bond acceptors (Lipinski definition) is 5. The maximum atomic E-state index is 14.0. The van der Waals surface area contributed by atoms with E-state index in [2.05, 4.69) is 20.8 Å². The van der Waals surface area contributed by atoms with Crippen LogP contribution in [-0.2, 0) is 0 Å². The Bertz CT molecular complexity index is 931. The number of nitrogens with one attached hydrogen (secondary N) is 1. The lowest BCUT2D eigenvalue weighted by Gasteiger charge is -2.13. The highest BCUT2D eigenvalue weighted by atomic mass is 35.5. The number of aryl methyl sites for hydroxylation is 1. The first kappa shape index (κ1) is 16.8. The van der Waals surface area contributed by atoms with E-state index in [-0.39, 0.29) is 10.6 Å². The molecule has 0 aliphatic carbocycles. The Labute approximate surface area is 147 Å². The van der Waals surface area contributed by atoms with E-state index in [1.807, 2.05) is 0 Å². The first-order valence-corrected chi connectivity index (χ1v) is 7.56. The second-order valence-electron chi connectivity index (χ2n) is 5.15. The van der Waals surface area contributed by atoms with Gasteiger partial charge in [0, 0.05) is 6.07 Å². The molecule has 25 heavy (non-hydrogen) atoms. The first-order valence-electron chi connectivity index (χ1n) is 7.18. The molecule has 0 atom stereocenters. The number of carbonyl (C=O) groups excluding carboxylic acids is 1. The molecule has 1 heterocycles. The zero-order valence-electron chi connectivity index (χ0n) is 13.3. The predicted molar refractivity (Wildman–Crippen MR) is 89.8 cm³/mol. The smallest absolute Gasteiger partial charge is 0.260 e. The molecule has 1 amide bonds. The van der Waals surface area contributed by atoms with Gasteiger partial charge in [0.2, 0.25) is 0 Å². The highest BCUT2D eigenvalue weighted by Gasteiger charge is 2.19. The fourth-order valence-electron chi connectivity index (χ4n) is 2.25. The van der Waals surface area contributed by atoms with Crippen molar-refractivity contribution in [1.29, 1.82) is 0 Å². The third-order valence-corrected chi connectivity index (χ3v) is 4.05. The van der Waals surface area contributed by atoms with E-state index >= 15 is 0 Å². The summed E-state index contributed by atoms with van der Waals surface area (Å²) in [5, 5.41) is 13.6. The standard InChI is InChI=1S/C16H13ClFN5O2/c1-9-3-5-11(18)14(15(9)17)16(24)20-12-6-4-10(7-13(12)25-2)23-8-19-21-22-23/h3-8H,1-2H3,(H,20,24). The van der Waals surface area contributed by atoms with Gasteiger partial charge in [0.1, 0.15) is 17.9 Å². The predicted octanol–water partition coefficient (Wildman–Crippen LogP) is 3.02. The van der Waals surface area contributed by atoms with E-state index in [0.29, 0.717) is 22.7 Å². The summed E-state index contributed by atoms with van der Waals surface area (Å²) in [4.78, 5) is 12.5. The van der Waals surface area contributed by atoms with Crippen molar-refractivity contribution in [1.82, 2.24) is 20.2 Å². The van der Waals surface area contributed by atoms with Gasteiger partial charge in [0.25, 0.3) is 5.91 Å². The van der Waals surface area contributed by atoms with Crippen molar-refractivity contribution in [2.45, 2.75) is 6.92 Å². The third kappa shape index (κ3) is 3.29. The van der Waals surface area contributed by atoms with Crippen LogP contribution in [0.2, 0.25) is 5.02 Å². The minimum Gasteiger partial charge on any atom is -0.494 e. The Hall–Kier alpha value is -3.00. The highest BCUT2D eigenvalue weighted by molar-refractivity contribution is 6.35. The Kier molecular flexibility index (Phi) is 4.62. The van der Waals surface area contributed by atoms with E-state index in [1.54, 1.807) is 25.1 Å². The molecule has 3 rings (SSSR count). The number of aromatic nitrogens is 4. The van der Waals surface area contributed by atoms with Gasteiger partial charge in [0.05, 0.1) is 29.1 Å². The number of amides is 1. The first-order chi connectivity index (χ1) is 12.0. The van der Waals surface area contributed by atoms with Crippen LogP contribution in [0.4, 0.5) is 10.1 Å². The summed E-state index contributed by atoms with van der Waals surface area (Å²) in [6, 6.07) is 7.64. The molecule has 0 spiro atoms. The van der Waals surface area contributed by atoms with Crippen molar-refractivity contribution < 1.29 is 13.9 Å². The summed E-state index contributed by atoms with van der Waals surface area (Å²) in [6.07, 6.45) is 1.43. The van der Waals surface area contributed by atoms with Gasteiger partial charge in [-0.15, -0.1) is 5.10 Å². The van der Waals surface area contributed by atoms with Crippen molar-refractivity contribution in [2.75, 3.05) is 12.4 Å². The number of tetrazole rings is 1. The van der Waals surface area contributed by atoms with Crippen LogP contribution in [0.15, 0.2) is 36.7 Å². The lowest BCUT2D eigenvalue weighted by molar-refractivity contribution is 0.102. The summed E-state index contributed by atoms with van der Waals surface area (Å²) in [5.74, 6) is -0.998. The Morgan fingerprint density at radius 3 is 2.80 bits per heavy atom. The highest BCUT2D eigenvalue weighted by Crippen LogP contribution is 2.29. The number of anilines is 1. The molecule has 0 fully saturated rings. The van der Waals surface area contributed by atoms with Crippen LogP contribution in [0.1, 0.15) is 15.9 Å². The van der Waals surface area contributed by atoms with Crippen molar-refractivity contribution >= 4 is 23.2 Å². The molecule has 3 aromatic rings. The fraction of sp³-hybridized carbons (Fsp3) is 0.125. The van der Waals surface area contributed by atoms with Crippen LogP contribution in [-0.4, -0.2) is 33.2 Å². The minimum absolute atomic E-state index is 0.0711. The molecular formula is C16H13ClFN5O2. The molecule has 0 unspecified atom stereocenters. The molecule has 128 valence electrons. The number of ether oxygens (including phenoxy) is 1. The molecule has 0 saturated carbocycles. The molecule has 7 nitrogen and oxygen atoms in total. The second-order valence-corrected chi connectivity index (χ2v) is 5.52. The third-order valence-electron chi connectivity index (χ3n) is 3.56. The van der Waals surface area contributed by atoms with Crippen LogP contribution in [0.25, 0.3) is 5.69 Å². The topological polar surface area (TPSA) is 81.9 Å². The summed E-state index contributed by atoms with van der Waals surface area (Å²) in [7, 11) is 1.45. The lowest BCUT2D eigenvalue weighted by Crippen LogP contribution is -2.15. The van der Waals surface area contributed by atoms with Gasteiger partial charge in [-0.05, 0) is 41.1 Å². The van der Waals surface area contributed by atoms with Crippen LogP contribution >= 0.6 is 11.6 Å².